The molecule has 0 unspecified atom stereocenters. The average Bonchev–Trinajstić information content (AvgIpc) is 2.70. The first-order valence-corrected chi connectivity index (χ1v) is 9.27. The average molecular weight is 370 g/mol. The predicted octanol–water partition coefficient (Wildman–Crippen LogP) is 3.12. The zero-order valence-corrected chi connectivity index (χ0v) is 15.9. The van der Waals surface area contributed by atoms with Gasteiger partial charge in [-0.15, -0.1) is 0 Å². The molecule has 2 fully saturated rings. The number of hydrogen-bond acceptors (Lipinski definition) is 3. The molecule has 24 heavy (non-hydrogen) atoms. The standard InChI is InChI=1S/C18H25Cl2N3O/c1-21-9-8-18(7-6-16(21)24)13-23(11-10-22(18)2)12-14-4-3-5-15(19)17(14)20/h3-5H,6-13H2,1-2H3/t18-/m0/s1. The molecule has 132 valence electrons. The third kappa shape index (κ3) is 3.57. The monoisotopic (exact) mass is 369 g/mol. The highest BCUT2D eigenvalue weighted by molar-refractivity contribution is 6.42. The second kappa shape index (κ2) is 7.20. The first kappa shape index (κ1) is 18.0. The Labute approximate surface area is 154 Å². The molecule has 1 aromatic carbocycles. The van der Waals surface area contributed by atoms with Crippen molar-refractivity contribution in [3.05, 3.63) is 33.8 Å². The van der Waals surface area contributed by atoms with Crippen molar-refractivity contribution in [3.8, 4) is 0 Å². The molecule has 4 nitrogen and oxygen atoms in total. The van der Waals surface area contributed by atoms with E-state index >= 15 is 0 Å². The van der Waals surface area contributed by atoms with Gasteiger partial charge in [0.05, 0.1) is 10.0 Å². The summed E-state index contributed by atoms with van der Waals surface area (Å²) >= 11 is 12.5. The SMILES string of the molecule is CN1CC[C@@]2(CCC1=O)CN(Cc1cccc(Cl)c1Cl)CCN2C. The minimum atomic E-state index is 0.0731. The lowest BCUT2D eigenvalue weighted by molar-refractivity contribution is -0.129. The molecule has 6 heteroatoms. The number of rotatable bonds is 2. The van der Waals surface area contributed by atoms with E-state index in [2.05, 4.69) is 16.8 Å². The molecule has 0 saturated carbocycles. The van der Waals surface area contributed by atoms with Gasteiger partial charge in [0.25, 0.3) is 0 Å². The number of likely N-dealkylation sites (tertiary alicyclic amines) is 1. The van der Waals surface area contributed by atoms with Crippen molar-refractivity contribution < 1.29 is 4.79 Å². The summed E-state index contributed by atoms with van der Waals surface area (Å²) in [5, 5.41) is 1.27. The molecule has 3 rings (SSSR count). The van der Waals surface area contributed by atoms with Gasteiger partial charge in [-0.1, -0.05) is 35.3 Å². The van der Waals surface area contributed by atoms with Crippen LogP contribution in [0, 0.1) is 0 Å². The summed E-state index contributed by atoms with van der Waals surface area (Å²) in [4.78, 5) is 18.8. The van der Waals surface area contributed by atoms with Crippen molar-refractivity contribution in [1.82, 2.24) is 14.7 Å². The molecule has 1 amide bonds. The molecule has 0 N–H and O–H groups in total. The molecule has 0 aliphatic carbocycles. The fraction of sp³-hybridized carbons (Fsp3) is 0.611. The number of halogens is 2. The van der Waals surface area contributed by atoms with Gasteiger partial charge < -0.3 is 4.90 Å². The Balaban J connectivity index is 1.75. The van der Waals surface area contributed by atoms with Gasteiger partial charge in [-0.3, -0.25) is 14.6 Å². The molecular formula is C18H25Cl2N3O. The van der Waals surface area contributed by atoms with E-state index in [0.29, 0.717) is 16.5 Å². The van der Waals surface area contributed by atoms with E-state index < -0.39 is 0 Å². The first-order chi connectivity index (χ1) is 11.4. The van der Waals surface area contributed by atoms with Crippen LogP contribution >= 0.6 is 23.2 Å². The van der Waals surface area contributed by atoms with Crippen LogP contribution in [0.25, 0.3) is 0 Å². The molecule has 2 saturated heterocycles. The van der Waals surface area contributed by atoms with Crippen LogP contribution in [0.15, 0.2) is 18.2 Å². The molecule has 2 aliphatic rings. The van der Waals surface area contributed by atoms with Crippen LogP contribution in [-0.2, 0) is 11.3 Å². The lowest BCUT2D eigenvalue weighted by Crippen LogP contribution is -2.60. The number of hydrogen-bond donors (Lipinski definition) is 0. The number of benzene rings is 1. The van der Waals surface area contributed by atoms with Gasteiger partial charge in [0, 0.05) is 51.7 Å². The Morgan fingerprint density at radius 1 is 1.12 bits per heavy atom. The molecule has 0 radical (unpaired) electrons. The minimum Gasteiger partial charge on any atom is -0.346 e. The van der Waals surface area contributed by atoms with E-state index in [1.165, 1.54) is 0 Å². The van der Waals surface area contributed by atoms with Crippen molar-refractivity contribution in [1.29, 1.82) is 0 Å². The first-order valence-electron chi connectivity index (χ1n) is 8.52. The lowest BCUT2D eigenvalue weighted by Gasteiger charge is -2.49. The van der Waals surface area contributed by atoms with E-state index in [-0.39, 0.29) is 11.4 Å². The van der Waals surface area contributed by atoms with Gasteiger partial charge >= 0.3 is 0 Å². The Bertz CT molecular complexity index is 624. The van der Waals surface area contributed by atoms with Crippen molar-refractivity contribution in [2.45, 2.75) is 31.3 Å². The Kier molecular flexibility index (Phi) is 5.40. The molecule has 1 spiro atoms. The third-order valence-corrected chi connectivity index (χ3v) is 6.51. The maximum absolute atomic E-state index is 12.1. The van der Waals surface area contributed by atoms with Gasteiger partial charge in [0.2, 0.25) is 5.91 Å². The van der Waals surface area contributed by atoms with Crippen LogP contribution in [-0.4, -0.2) is 66.4 Å². The van der Waals surface area contributed by atoms with Crippen molar-refractivity contribution in [2.75, 3.05) is 40.3 Å². The van der Waals surface area contributed by atoms with E-state index in [4.69, 9.17) is 23.2 Å². The minimum absolute atomic E-state index is 0.0731. The van der Waals surface area contributed by atoms with Crippen LogP contribution < -0.4 is 0 Å². The smallest absolute Gasteiger partial charge is 0.222 e. The number of piperazine rings is 1. The van der Waals surface area contributed by atoms with Gasteiger partial charge in [0.1, 0.15) is 0 Å². The summed E-state index contributed by atoms with van der Waals surface area (Å²) in [5.74, 6) is 0.260. The highest BCUT2D eigenvalue weighted by atomic mass is 35.5. The molecule has 2 heterocycles. The van der Waals surface area contributed by atoms with Crippen molar-refractivity contribution >= 4 is 29.1 Å². The van der Waals surface area contributed by atoms with Gasteiger partial charge in [-0.25, -0.2) is 0 Å². The number of carbonyl (C=O) groups is 1. The fourth-order valence-electron chi connectivity index (χ4n) is 3.89. The molecule has 2 aliphatic heterocycles. The topological polar surface area (TPSA) is 26.8 Å². The highest BCUT2D eigenvalue weighted by Gasteiger charge is 2.41. The lowest BCUT2D eigenvalue weighted by atomic mass is 9.86. The zero-order chi connectivity index (χ0) is 17.3. The number of nitrogens with zero attached hydrogens (tertiary/aromatic N) is 3. The number of likely N-dealkylation sites (N-methyl/N-ethyl adjacent to an activating group) is 1. The zero-order valence-electron chi connectivity index (χ0n) is 14.4. The summed E-state index contributed by atoms with van der Waals surface area (Å²) in [5.41, 5.74) is 1.15. The van der Waals surface area contributed by atoms with Crippen LogP contribution in [0.1, 0.15) is 24.8 Å². The summed E-state index contributed by atoms with van der Waals surface area (Å²) in [7, 11) is 4.10. The summed E-state index contributed by atoms with van der Waals surface area (Å²) in [6.45, 7) is 4.61. The van der Waals surface area contributed by atoms with Gasteiger partial charge in [-0.05, 0) is 31.5 Å². The highest BCUT2D eigenvalue weighted by Crippen LogP contribution is 2.33. The third-order valence-electron chi connectivity index (χ3n) is 5.65. The summed E-state index contributed by atoms with van der Waals surface area (Å²) in [6, 6.07) is 5.82. The van der Waals surface area contributed by atoms with Crippen LogP contribution in [0.3, 0.4) is 0 Å². The second-order valence-electron chi connectivity index (χ2n) is 7.13. The van der Waals surface area contributed by atoms with Gasteiger partial charge in [0.15, 0.2) is 0 Å². The van der Waals surface area contributed by atoms with Crippen LogP contribution in [0.2, 0.25) is 10.0 Å². The van der Waals surface area contributed by atoms with Crippen LogP contribution in [0.5, 0.6) is 0 Å². The maximum atomic E-state index is 12.1. The Hall–Kier alpha value is -0.810. The van der Waals surface area contributed by atoms with Crippen molar-refractivity contribution in [3.63, 3.8) is 0 Å². The summed E-state index contributed by atoms with van der Waals surface area (Å²) in [6.07, 6.45) is 2.57. The Morgan fingerprint density at radius 3 is 2.71 bits per heavy atom. The van der Waals surface area contributed by atoms with Gasteiger partial charge in [-0.2, -0.15) is 0 Å². The van der Waals surface area contributed by atoms with E-state index in [0.717, 1.165) is 51.1 Å². The fourth-order valence-corrected chi connectivity index (χ4v) is 4.27. The normalized spacial score (nSPS) is 26.8. The number of carbonyl (C=O) groups excluding carboxylic acids is 1. The largest absolute Gasteiger partial charge is 0.346 e. The van der Waals surface area contributed by atoms with E-state index in [9.17, 15) is 4.79 Å². The van der Waals surface area contributed by atoms with E-state index in [1.807, 2.05) is 30.1 Å². The van der Waals surface area contributed by atoms with E-state index in [1.54, 1.807) is 0 Å². The Morgan fingerprint density at radius 2 is 1.92 bits per heavy atom. The second-order valence-corrected chi connectivity index (χ2v) is 7.92. The molecule has 1 atom stereocenters. The molecular weight excluding hydrogens is 345 g/mol. The van der Waals surface area contributed by atoms with Crippen LogP contribution in [0.4, 0.5) is 0 Å². The quantitative estimate of drug-likeness (QED) is 0.801. The summed E-state index contributed by atoms with van der Waals surface area (Å²) < 4.78 is 0. The molecule has 1 aromatic rings. The molecule has 0 aromatic heterocycles. The molecule has 0 bridgehead atoms. The van der Waals surface area contributed by atoms with Crippen molar-refractivity contribution in [2.24, 2.45) is 0 Å². The maximum Gasteiger partial charge on any atom is 0.222 e. The predicted molar refractivity (Wildman–Crippen MR) is 98.6 cm³/mol. The number of amides is 1.